The summed E-state index contributed by atoms with van der Waals surface area (Å²) in [6.45, 7) is 0. The molecule has 0 aromatic heterocycles. The number of benzene rings is 1. The van der Waals surface area contributed by atoms with E-state index in [9.17, 15) is 14.0 Å². The maximum absolute atomic E-state index is 13.0. The first-order valence-electron chi connectivity index (χ1n) is 5.96. The van der Waals surface area contributed by atoms with E-state index in [1.54, 1.807) is 0 Å². The summed E-state index contributed by atoms with van der Waals surface area (Å²) in [5, 5.41) is 11.5. The summed E-state index contributed by atoms with van der Waals surface area (Å²) in [5.41, 5.74) is 0.269. The number of amides is 1. The minimum atomic E-state index is -0.832. The number of carboxylic acid groups (broad SMARTS) is 1. The second-order valence-electron chi connectivity index (χ2n) is 4.65. The third-order valence-electron chi connectivity index (χ3n) is 3.30. The average molecular weight is 286 g/mol. The normalized spacial score (nSPS) is 22.2. The molecule has 4 nitrogen and oxygen atoms in total. The molecule has 102 valence electrons. The van der Waals surface area contributed by atoms with Crippen molar-refractivity contribution in [3.05, 3.63) is 34.6 Å². The minimum Gasteiger partial charge on any atom is -0.481 e. The summed E-state index contributed by atoms with van der Waals surface area (Å²) < 4.78 is 13.0. The van der Waals surface area contributed by atoms with E-state index >= 15 is 0 Å². The summed E-state index contributed by atoms with van der Waals surface area (Å²) in [6.07, 6.45) is 1.62. The number of rotatable bonds is 3. The number of halogens is 2. The van der Waals surface area contributed by atoms with Gasteiger partial charge in [-0.05, 0) is 37.5 Å². The van der Waals surface area contributed by atoms with Crippen molar-refractivity contribution in [1.82, 2.24) is 5.32 Å². The molecule has 0 radical (unpaired) electrons. The van der Waals surface area contributed by atoms with Crippen LogP contribution in [0.3, 0.4) is 0 Å². The third-order valence-corrected chi connectivity index (χ3v) is 3.59. The number of nitrogens with one attached hydrogen (secondary N) is 1. The number of hydrogen-bond donors (Lipinski definition) is 2. The molecule has 1 aromatic rings. The highest BCUT2D eigenvalue weighted by molar-refractivity contribution is 6.31. The summed E-state index contributed by atoms with van der Waals surface area (Å²) in [6, 6.07) is 3.58. The lowest BCUT2D eigenvalue weighted by Crippen LogP contribution is -2.33. The van der Waals surface area contributed by atoms with Crippen molar-refractivity contribution in [2.24, 2.45) is 5.92 Å². The van der Waals surface area contributed by atoms with Crippen LogP contribution in [0.1, 0.15) is 29.6 Å². The van der Waals surface area contributed by atoms with E-state index in [1.807, 2.05) is 0 Å². The Morgan fingerprint density at radius 3 is 2.68 bits per heavy atom. The van der Waals surface area contributed by atoms with E-state index in [2.05, 4.69) is 5.32 Å². The Morgan fingerprint density at radius 1 is 1.37 bits per heavy atom. The van der Waals surface area contributed by atoms with Gasteiger partial charge in [-0.25, -0.2) is 4.39 Å². The van der Waals surface area contributed by atoms with Crippen LogP contribution in [-0.4, -0.2) is 23.0 Å². The van der Waals surface area contributed by atoms with Crippen LogP contribution in [-0.2, 0) is 4.79 Å². The van der Waals surface area contributed by atoms with Gasteiger partial charge in [-0.15, -0.1) is 0 Å². The number of hydrogen-bond acceptors (Lipinski definition) is 2. The number of aliphatic carboxylic acids is 1. The molecular weight excluding hydrogens is 273 g/mol. The summed E-state index contributed by atoms with van der Waals surface area (Å²) in [7, 11) is 0. The van der Waals surface area contributed by atoms with Crippen molar-refractivity contribution in [2.45, 2.75) is 25.3 Å². The van der Waals surface area contributed by atoms with E-state index in [-0.39, 0.29) is 22.5 Å². The molecule has 0 heterocycles. The molecule has 1 amide bonds. The largest absolute Gasteiger partial charge is 0.481 e. The molecule has 0 spiro atoms. The zero-order chi connectivity index (χ0) is 14.0. The monoisotopic (exact) mass is 285 g/mol. The lowest BCUT2D eigenvalue weighted by molar-refractivity contribution is -0.141. The van der Waals surface area contributed by atoms with Crippen LogP contribution in [0.2, 0.25) is 5.02 Å². The molecule has 0 bridgehead atoms. The Hall–Kier alpha value is -1.62. The van der Waals surface area contributed by atoms with E-state index in [0.29, 0.717) is 19.3 Å². The minimum absolute atomic E-state index is 0.109. The molecule has 1 aliphatic rings. The molecule has 2 N–H and O–H groups in total. The second-order valence-corrected chi connectivity index (χ2v) is 5.05. The van der Waals surface area contributed by atoms with Gasteiger partial charge in [0.25, 0.3) is 5.91 Å². The van der Waals surface area contributed by atoms with E-state index in [4.69, 9.17) is 16.7 Å². The Bertz CT molecular complexity index is 521. The lowest BCUT2D eigenvalue weighted by atomic mass is 10.1. The van der Waals surface area contributed by atoms with Crippen LogP contribution in [0.25, 0.3) is 0 Å². The number of carboxylic acids is 1. The van der Waals surface area contributed by atoms with Crippen LogP contribution >= 0.6 is 11.6 Å². The lowest BCUT2D eigenvalue weighted by Gasteiger charge is -2.12. The van der Waals surface area contributed by atoms with E-state index < -0.39 is 17.7 Å². The molecule has 2 atom stereocenters. The molecule has 2 rings (SSSR count). The molecule has 1 aliphatic carbocycles. The fraction of sp³-hybridized carbons (Fsp3) is 0.385. The Morgan fingerprint density at radius 2 is 2.11 bits per heavy atom. The molecule has 19 heavy (non-hydrogen) atoms. The first kappa shape index (κ1) is 13.8. The fourth-order valence-electron chi connectivity index (χ4n) is 2.24. The van der Waals surface area contributed by atoms with Crippen LogP contribution < -0.4 is 5.32 Å². The van der Waals surface area contributed by atoms with Crippen molar-refractivity contribution >= 4 is 23.5 Å². The Kier molecular flexibility index (Phi) is 4.04. The number of carbonyl (C=O) groups is 2. The predicted molar refractivity (Wildman–Crippen MR) is 67.6 cm³/mol. The van der Waals surface area contributed by atoms with Crippen molar-refractivity contribution < 1.29 is 19.1 Å². The topological polar surface area (TPSA) is 66.4 Å². The zero-order valence-corrected chi connectivity index (χ0v) is 10.8. The summed E-state index contributed by atoms with van der Waals surface area (Å²) in [5.74, 6) is -2.17. The first-order valence-corrected chi connectivity index (χ1v) is 6.34. The van der Waals surface area contributed by atoms with E-state index in [1.165, 1.54) is 12.1 Å². The molecule has 0 saturated heterocycles. The van der Waals surface area contributed by atoms with Crippen LogP contribution in [0.5, 0.6) is 0 Å². The molecule has 0 unspecified atom stereocenters. The SMILES string of the molecule is O=C(N[C@@H]1CC[C@H](C(=O)O)C1)c1ccc(F)c(Cl)c1. The molecule has 6 heteroatoms. The maximum Gasteiger partial charge on any atom is 0.306 e. The van der Waals surface area contributed by atoms with Crippen LogP contribution in [0.15, 0.2) is 18.2 Å². The van der Waals surface area contributed by atoms with Crippen LogP contribution in [0.4, 0.5) is 4.39 Å². The van der Waals surface area contributed by atoms with Gasteiger partial charge in [-0.2, -0.15) is 0 Å². The quantitative estimate of drug-likeness (QED) is 0.896. The van der Waals surface area contributed by atoms with Crippen molar-refractivity contribution in [3.63, 3.8) is 0 Å². The first-order chi connectivity index (χ1) is 8.97. The Labute approximate surface area is 114 Å². The van der Waals surface area contributed by atoms with Crippen molar-refractivity contribution in [3.8, 4) is 0 Å². The van der Waals surface area contributed by atoms with Gasteiger partial charge < -0.3 is 10.4 Å². The highest BCUT2D eigenvalue weighted by Crippen LogP contribution is 2.26. The van der Waals surface area contributed by atoms with Crippen molar-refractivity contribution in [2.75, 3.05) is 0 Å². The molecule has 1 saturated carbocycles. The van der Waals surface area contributed by atoms with Gasteiger partial charge in [0, 0.05) is 11.6 Å². The van der Waals surface area contributed by atoms with Gasteiger partial charge in [0.2, 0.25) is 0 Å². The smallest absolute Gasteiger partial charge is 0.306 e. The van der Waals surface area contributed by atoms with Crippen molar-refractivity contribution in [1.29, 1.82) is 0 Å². The highest BCUT2D eigenvalue weighted by atomic mass is 35.5. The zero-order valence-electron chi connectivity index (χ0n) is 10.0. The van der Waals surface area contributed by atoms with Gasteiger partial charge in [-0.3, -0.25) is 9.59 Å². The molecular formula is C13H13ClFNO3. The predicted octanol–water partition coefficient (Wildman–Crippen LogP) is 2.46. The fourth-order valence-corrected chi connectivity index (χ4v) is 2.42. The second kappa shape index (κ2) is 5.57. The molecule has 1 aromatic carbocycles. The molecule has 1 fully saturated rings. The van der Waals surface area contributed by atoms with E-state index in [0.717, 1.165) is 6.07 Å². The van der Waals surface area contributed by atoms with Gasteiger partial charge in [-0.1, -0.05) is 11.6 Å². The molecule has 0 aliphatic heterocycles. The Balaban J connectivity index is 1.98. The number of carbonyl (C=O) groups excluding carboxylic acids is 1. The summed E-state index contributed by atoms with van der Waals surface area (Å²) in [4.78, 5) is 22.7. The summed E-state index contributed by atoms with van der Waals surface area (Å²) >= 11 is 5.61. The van der Waals surface area contributed by atoms with Crippen LogP contribution in [0, 0.1) is 11.7 Å². The third kappa shape index (κ3) is 3.23. The van der Waals surface area contributed by atoms with Gasteiger partial charge in [0.15, 0.2) is 0 Å². The van der Waals surface area contributed by atoms with Gasteiger partial charge >= 0.3 is 5.97 Å². The highest BCUT2D eigenvalue weighted by Gasteiger charge is 2.30. The maximum atomic E-state index is 13.0. The van der Waals surface area contributed by atoms with Gasteiger partial charge in [0.1, 0.15) is 5.82 Å². The average Bonchev–Trinajstić information content (AvgIpc) is 2.81. The van der Waals surface area contributed by atoms with Gasteiger partial charge in [0.05, 0.1) is 10.9 Å². The standard InChI is InChI=1S/C13H13ClFNO3/c14-10-6-7(2-4-11(10)15)12(17)16-9-3-1-8(5-9)13(18)19/h2,4,6,8-9H,1,3,5H2,(H,16,17)(H,18,19)/t8-,9+/m0/s1.